The van der Waals surface area contributed by atoms with Crippen LogP contribution in [0.4, 0.5) is 13.2 Å². The molecule has 0 radical (unpaired) electrons. The van der Waals surface area contributed by atoms with Crippen molar-refractivity contribution < 1.29 is 13.2 Å². The van der Waals surface area contributed by atoms with Crippen molar-refractivity contribution >= 4 is 15.9 Å². The number of alkyl halides is 3. The SMILES string of the molecule is Fc1ccc([C@@](Br)(C2=CCC(F)(F)C=C2)c2ccccc2)cc1. The van der Waals surface area contributed by atoms with Gasteiger partial charge < -0.3 is 0 Å². The molecule has 1 aliphatic carbocycles. The predicted octanol–water partition coefficient (Wildman–Crippen LogP) is 5.99. The molecular weight excluding hydrogens is 365 g/mol. The van der Waals surface area contributed by atoms with Gasteiger partial charge in [0.25, 0.3) is 5.92 Å². The van der Waals surface area contributed by atoms with Gasteiger partial charge in [-0.25, -0.2) is 13.2 Å². The zero-order chi connectivity index (χ0) is 16.5. The predicted molar refractivity (Wildman–Crippen MR) is 89.3 cm³/mol. The van der Waals surface area contributed by atoms with E-state index in [2.05, 4.69) is 15.9 Å². The van der Waals surface area contributed by atoms with Crippen LogP contribution < -0.4 is 0 Å². The lowest BCUT2D eigenvalue weighted by Crippen LogP contribution is -2.25. The first-order chi connectivity index (χ1) is 10.9. The third-order valence-electron chi connectivity index (χ3n) is 3.91. The molecule has 1 atom stereocenters. The van der Waals surface area contributed by atoms with Crippen molar-refractivity contribution in [2.75, 3.05) is 0 Å². The molecule has 0 nitrogen and oxygen atoms in total. The second kappa shape index (κ2) is 6.00. The fourth-order valence-electron chi connectivity index (χ4n) is 2.70. The Bertz CT molecular complexity index is 748. The monoisotopic (exact) mass is 378 g/mol. The van der Waals surface area contributed by atoms with Gasteiger partial charge in [-0.05, 0) is 34.9 Å². The Morgan fingerprint density at radius 2 is 1.52 bits per heavy atom. The average molecular weight is 379 g/mol. The average Bonchev–Trinajstić information content (AvgIpc) is 2.55. The molecule has 118 valence electrons. The molecule has 3 rings (SSSR count). The number of halogens is 4. The quantitative estimate of drug-likeness (QED) is 0.575. The lowest BCUT2D eigenvalue weighted by atomic mass is 9.82. The number of rotatable bonds is 3. The van der Waals surface area contributed by atoms with Crippen LogP contribution in [0.2, 0.25) is 0 Å². The normalized spacial score (nSPS) is 19.0. The summed E-state index contributed by atoms with van der Waals surface area (Å²) in [4.78, 5) is 0. The van der Waals surface area contributed by atoms with Gasteiger partial charge in [0.2, 0.25) is 0 Å². The Morgan fingerprint density at radius 3 is 2.09 bits per heavy atom. The van der Waals surface area contributed by atoms with Crippen LogP contribution in [-0.4, -0.2) is 5.92 Å². The third kappa shape index (κ3) is 3.13. The highest BCUT2D eigenvalue weighted by Gasteiger charge is 2.37. The van der Waals surface area contributed by atoms with Crippen LogP contribution in [0, 0.1) is 5.82 Å². The third-order valence-corrected chi connectivity index (χ3v) is 5.29. The maximum absolute atomic E-state index is 13.4. The molecule has 23 heavy (non-hydrogen) atoms. The Morgan fingerprint density at radius 1 is 0.913 bits per heavy atom. The first kappa shape index (κ1) is 16.1. The fourth-order valence-corrected chi connectivity index (χ4v) is 3.52. The van der Waals surface area contributed by atoms with Crippen LogP contribution in [0.1, 0.15) is 17.5 Å². The lowest BCUT2D eigenvalue weighted by molar-refractivity contribution is 0.0570. The summed E-state index contributed by atoms with van der Waals surface area (Å²) in [6.07, 6.45) is 3.55. The first-order valence-corrected chi connectivity index (χ1v) is 7.99. The van der Waals surface area contributed by atoms with Gasteiger partial charge in [-0.15, -0.1) is 0 Å². The fraction of sp³-hybridized carbons (Fsp3) is 0.158. The van der Waals surface area contributed by atoms with Gasteiger partial charge in [0.05, 0.1) is 0 Å². The van der Waals surface area contributed by atoms with Gasteiger partial charge in [-0.1, -0.05) is 70.5 Å². The second-order valence-corrected chi connectivity index (χ2v) is 6.68. The minimum absolute atomic E-state index is 0.337. The Labute approximate surface area is 141 Å². The number of benzene rings is 2. The molecule has 0 aliphatic heterocycles. The van der Waals surface area contributed by atoms with E-state index in [1.165, 1.54) is 24.3 Å². The summed E-state index contributed by atoms with van der Waals surface area (Å²) in [5.41, 5.74) is 2.39. The van der Waals surface area contributed by atoms with Crippen molar-refractivity contribution in [3.05, 3.63) is 95.3 Å². The van der Waals surface area contributed by atoms with Crippen LogP contribution in [-0.2, 0) is 4.32 Å². The molecule has 1 aliphatic rings. The summed E-state index contributed by atoms with van der Waals surface area (Å²) in [6, 6.07) is 15.6. The van der Waals surface area contributed by atoms with Crippen molar-refractivity contribution in [2.45, 2.75) is 16.7 Å². The minimum Gasteiger partial charge on any atom is -0.207 e. The van der Waals surface area contributed by atoms with E-state index in [1.807, 2.05) is 30.3 Å². The van der Waals surface area contributed by atoms with Crippen molar-refractivity contribution in [3.63, 3.8) is 0 Å². The summed E-state index contributed by atoms with van der Waals surface area (Å²) in [6.45, 7) is 0. The van der Waals surface area contributed by atoms with E-state index >= 15 is 0 Å². The summed E-state index contributed by atoms with van der Waals surface area (Å²) in [7, 11) is 0. The van der Waals surface area contributed by atoms with Crippen LogP contribution >= 0.6 is 15.9 Å². The molecule has 2 aromatic rings. The number of allylic oxidation sites excluding steroid dienone is 4. The smallest absolute Gasteiger partial charge is 0.207 e. The van der Waals surface area contributed by atoms with Crippen molar-refractivity contribution in [1.82, 2.24) is 0 Å². The van der Waals surface area contributed by atoms with Crippen molar-refractivity contribution in [3.8, 4) is 0 Å². The highest BCUT2D eigenvalue weighted by molar-refractivity contribution is 9.10. The molecule has 0 N–H and O–H groups in total. The summed E-state index contributed by atoms with van der Waals surface area (Å²) in [5.74, 6) is -3.16. The summed E-state index contributed by atoms with van der Waals surface area (Å²) >= 11 is 3.74. The molecule has 0 saturated heterocycles. The van der Waals surface area contributed by atoms with E-state index in [4.69, 9.17) is 0 Å². The zero-order valence-electron chi connectivity index (χ0n) is 12.1. The molecule has 0 spiro atoms. The molecule has 0 bridgehead atoms. The second-order valence-electron chi connectivity index (χ2n) is 5.49. The molecule has 0 heterocycles. The van der Waals surface area contributed by atoms with Gasteiger partial charge in [0.15, 0.2) is 0 Å². The van der Waals surface area contributed by atoms with Crippen LogP contribution in [0.5, 0.6) is 0 Å². The maximum atomic E-state index is 13.4. The minimum atomic E-state index is -2.82. The van der Waals surface area contributed by atoms with Gasteiger partial charge in [0.1, 0.15) is 10.1 Å². The molecule has 0 unspecified atom stereocenters. The van der Waals surface area contributed by atoms with Crippen molar-refractivity contribution in [2.24, 2.45) is 0 Å². The number of hydrogen-bond donors (Lipinski definition) is 0. The van der Waals surface area contributed by atoms with E-state index in [0.717, 1.165) is 17.2 Å². The van der Waals surface area contributed by atoms with Gasteiger partial charge in [0, 0.05) is 6.42 Å². The van der Waals surface area contributed by atoms with E-state index in [9.17, 15) is 13.2 Å². The van der Waals surface area contributed by atoms with E-state index in [0.29, 0.717) is 5.57 Å². The van der Waals surface area contributed by atoms with Crippen LogP contribution in [0.15, 0.2) is 78.4 Å². The van der Waals surface area contributed by atoms with Gasteiger partial charge in [-0.2, -0.15) is 0 Å². The Kier molecular flexibility index (Phi) is 4.19. The highest BCUT2D eigenvalue weighted by atomic mass is 79.9. The Balaban J connectivity index is 2.14. The Hall–Kier alpha value is -1.81. The molecule has 0 amide bonds. The van der Waals surface area contributed by atoms with Gasteiger partial charge >= 0.3 is 0 Å². The highest BCUT2D eigenvalue weighted by Crippen LogP contribution is 2.47. The summed E-state index contributed by atoms with van der Waals surface area (Å²) < 4.78 is 39.3. The molecule has 4 heteroatoms. The molecule has 0 fully saturated rings. The lowest BCUT2D eigenvalue weighted by Gasteiger charge is -2.32. The van der Waals surface area contributed by atoms with Crippen LogP contribution in [0.3, 0.4) is 0 Å². The largest absolute Gasteiger partial charge is 0.270 e. The molecular formula is C19H14BrF3. The molecule has 2 aromatic carbocycles. The molecule has 0 aromatic heterocycles. The van der Waals surface area contributed by atoms with Crippen LogP contribution in [0.25, 0.3) is 0 Å². The van der Waals surface area contributed by atoms with Gasteiger partial charge in [-0.3, -0.25) is 0 Å². The van der Waals surface area contributed by atoms with E-state index in [-0.39, 0.29) is 12.2 Å². The standard InChI is InChI=1S/C19H14BrF3/c20-19(14-4-2-1-3-5-14,15-6-8-17(21)9-7-15)16-10-12-18(22,23)13-11-16/h1-12H,13H2/t19-/m1/s1. The molecule has 0 saturated carbocycles. The topological polar surface area (TPSA) is 0 Å². The zero-order valence-corrected chi connectivity index (χ0v) is 13.7. The maximum Gasteiger partial charge on any atom is 0.270 e. The van der Waals surface area contributed by atoms with E-state index < -0.39 is 10.2 Å². The number of hydrogen-bond acceptors (Lipinski definition) is 0. The van der Waals surface area contributed by atoms with E-state index in [1.54, 1.807) is 12.1 Å². The summed E-state index contributed by atoms with van der Waals surface area (Å²) in [5, 5.41) is 0. The first-order valence-electron chi connectivity index (χ1n) is 7.20. The van der Waals surface area contributed by atoms with Crippen molar-refractivity contribution in [1.29, 1.82) is 0 Å².